The Morgan fingerprint density at radius 1 is 1.19 bits per heavy atom. The quantitative estimate of drug-likeness (QED) is 0.464. The monoisotopic (exact) mass is 356 g/mol. The second-order valence-corrected chi connectivity index (χ2v) is 5.79. The lowest BCUT2D eigenvalue weighted by Gasteiger charge is -2.14. The van der Waals surface area contributed by atoms with Crippen molar-refractivity contribution in [2.24, 2.45) is 0 Å². The first-order valence-electron chi connectivity index (χ1n) is 8.18. The molecule has 0 aliphatic heterocycles. The van der Waals surface area contributed by atoms with Crippen LogP contribution in [-0.2, 0) is 14.3 Å². The number of benzene rings is 2. The first kappa shape index (κ1) is 19.1. The van der Waals surface area contributed by atoms with Gasteiger partial charge in [-0.2, -0.15) is 0 Å². The number of esters is 1. The number of nitrogens with one attached hydrogen (secondary N) is 1. The minimum absolute atomic E-state index is 0.0880. The zero-order chi connectivity index (χ0) is 19.1. The highest BCUT2D eigenvalue weighted by molar-refractivity contribution is 5.93. The molecule has 1 atom stereocenters. The van der Waals surface area contributed by atoms with Crippen LogP contribution >= 0.6 is 0 Å². The van der Waals surface area contributed by atoms with Gasteiger partial charge in [-0.25, -0.2) is 0 Å². The maximum absolute atomic E-state index is 12.2. The topological polar surface area (TPSA) is 98.5 Å². The van der Waals surface area contributed by atoms with Crippen molar-refractivity contribution < 1.29 is 19.2 Å². The number of aryl methyl sites for hydroxylation is 1. The number of carbonyl (C=O) groups is 2. The summed E-state index contributed by atoms with van der Waals surface area (Å²) in [4.78, 5) is 34.6. The van der Waals surface area contributed by atoms with Gasteiger partial charge in [0.2, 0.25) is 0 Å². The number of anilines is 1. The van der Waals surface area contributed by atoms with Crippen molar-refractivity contribution in [3.63, 3.8) is 0 Å². The molecule has 136 valence electrons. The second kappa shape index (κ2) is 8.75. The molecule has 7 nitrogen and oxygen atoms in total. The minimum Gasteiger partial charge on any atom is -0.455 e. The lowest BCUT2D eigenvalue weighted by atomic mass is 9.97. The summed E-state index contributed by atoms with van der Waals surface area (Å²) >= 11 is 0. The van der Waals surface area contributed by atoms with Crippen LogP contribution in [0, 0.1) is 17.0 Å². The normalized spacial score (nSPS) is 11.5. The Morgan fingerprint density at radius 2 is 1.88 bits per heavy atom. The zero-order valence-electron chi connectivity index (χ0n) is 14.6. The Kier molecular flexibility index (Phi) is 6.43. The Bertz CT molecular complexity index is 805. The highest BCUT2D eigenvalue weighted by Gasteiger charge is 2.21. The van der Waals surface area contributed by atoms with E-state index >= 15 is 0 Å². The molecule has 0 fully saturated rings. The van der Waals surface area contributed by atoms with E-state index in [2.05, 4.69) is 5.32 Å². The molecule has 0 bridgehead atoms. The van der Waals surface area contributed by atoms with E-state index < -0.39 is 29.3 Å². The second-order valence-electron chi connectivity index (χ2n) is 5.79. The molecular formula is C19H20N2O5. The molecule has 0 unspecified atom stereocenters. The maximum atomic E-state index is 12.2. The third kappa shape index (κ3) is 4.89. The van der Waals surface area contributed by atoms with E-state index in [1.165, 1.54) is 6.07 Å². The average Bonchev–Trinajstić information content (AvgIpc) is 2.63. The molecule has 2 rings (SSSR count). The highest BCUT2D eigenvalue weighted by Crippen LogP contribution is 2.23. The Balaban J connectivity index is 1.95. The number of amides is 1. The van der Waals surface area contributed by atoms with Crippen LogP contribution in [-0.4, -0.2) is 23.4 Å². The van der Waals surface area contributed by atoms with Crippen molar-refractivity contribution in [2.45, 2.75) is 26.2 Å². The van der Waals surface area contributed by atoms with Crippen molar-refractivity contribution in [1.29, 1.82) is 0 Å². The fourth-order valence-electron chi connectivity index (χ4n) is 2.54. The predicted molar refractivity (Wildman–Crippen MR) is 96.9 cm³/mol. The van der Waals surface area contributed by atoms with Crippen LogP contribution in [0.25, 0.3) is 0 Å². The largest absolute Gasteiger partial charge is 0.455 e. The van der Waals surface area contributed by atoms with Gasteiger partial charge in [0, 0.05) is 17.3 Å². The maximum Gasteiger partial charge on any atom is 0.313 e. The van der Waals surface area contributed by atoms with Gasteiger partial charge >= 0.3 is 5.97 Å². The molecule has 0 aliphatic rings. The number of carbonyl (C=O) groups excluding carboxylic acids is 2. The van der Waals surface area contributed by atoms with Crippen LogP contribution < -0.4 is 5.32 Å². The summed E-state index contributed by atoms with van der Waals surface area (Å²) in [6, 6.07) is 13.6. The molecule has 0 spiro atoms. The number of nitrogens with zero attached hydrogens (tertiary/aromatic N) is 1. The standard InChI is InChI=1S/C19H20N2O5/c1-3-16(14-7-5-4-6-8-14)19(23)26-12-18(22)20-15-10-9-13(2)17(11-15)21(24)25/h4-11,16H,3,12H2,1-2H3,(H,20,22)/t16-/m0/s1. The molecule has 0 aliphatic carbocycles. The van der Waals surface area contributed by atoms with E-state index in [1.807, 2.05) is 37.3 Å². The average molecular weight is 356 g/mol. The summed E-state index contributed by atoms with van der Waals surface area (Å²) in [6.45, 7) is 3.02. The zero-order valence-corrected chi connectivity index (χ0v) is 14.6. The molecule has 0 heterocycles. The van der Waals surface area contributed by atoms with Gasteiger partial charge < -0.3 is 10.1 Å². The molecule has 2 aromatic carbocycles. The lowest BCUT2D eigenvalue weighted by molar-refractivity contribution is -0.385. The predicted octanol–water partition coefficient (Wildman–Crippen LogP) is 3.58. The van der Waals surface area contributed by atoms with E-state index in [0.717, 1.165) is 5.56 Å². The van der Waals surface area contributed by atoms with Crippen LogP contribution in [0.2, 0.25) is 0 Å². The van der Waals surface area contributed by atoms with E-state index in [-0.39, 0.29) is 11.4 Å². The molecule has 2 aromatic rings. The number of hydrogen-bond donors (Lipinski definition) is 1. The molecule has 0 radical (unpaired) electrons. The van der Waals surface area contributed by atoms with Gasteiger partial charge in [0.1, 0.15) is 0 Å². The first-order valence-corrected chi connectivity index (χ1v) is 8.18. The number of hydrogen-bond acceptors (Lipinski definition) is 5. The fourth-order valence-corrected chi connectivity index (χ4v) is 2.54. The fraction of sp³-hybridized carbons (Fsp3) is 0.263. The Hall–Kier alpha value is -3.22. The molecule has 0 aromatic heterocycles. The Labute approximate surface area is 151 Å². The van der Waals surface area contributed by atoms with Gasteiger partial charge in [-0.05, 0) is 25.0 Å². The number of rotatable bonds is 7. The number of nitro groups is 1. The first-order chi connectivity index (χ1) is 12.4. The summed E-state index contributed by atoms with van der Waals surface area (Å²) in [6.07, 6.45) is 0.550. The van der Waals surface area contributed by atoms with Gasteiger partial charge in [-0.1, -0.05) is 43.3 Å². The highest BCUT2D eigenvalue weighted by atomic mass is 16.6. The van der Waals surface area contributed by atoms with E-state index in [9.17, 15) is 19.7 Å². The van der Waals surface area contributed by atoms with Crippen LogP contribution in [0.1, 0.15) is 30.4 Å². The summed E-state index contributed by atoms with van der Waals surface area (Å²) in [5.41, 5.74) is 1.51. The minimum atomic E-state index is -0.556. The van der Waals surface area contributed by atoms with Gasteiger partial charge in [-0.3, -0.25) is 19.7 Å². The van der Waals surface area contributed by atoms with Crippen LogP contribution in [0.3, 0.4) is 0 Å². The summed E-state index contributed by atoms with van der Waals surface area (Å²) in [7, 11) is 0. The van der Waals surface area contributed by atoms with Crippen molar-refractivity contribution in [3.05, 3.63) is 69.8 Å². The summed E-state index contributed by atoms with van der Waals surface area (Å²) in [5, 5.41) is 13.4. The molecule has 1 amide bonds. The number of ether oxygens (including phenoxy) is 1. The summed E-state index contributed by atoms with van der Waals surface area (Å²) in [5.74, 6) is -1.48. The van der Waals surface area contributed by atoms with Crippen LogP contribution in [0.4, 0.5) is 11.4 Å². The van der Waals surface area contributed by atoms with E-state index in [4.69, 9.17) is 4.74 Å². The van der Waals surface area contributed by atoms with Gasteiger partial charge in [0.15, 0.2) is 6.61 Å². The van der Waals surface area contributed by atoms with E-state index in [0.29, 0.717) is 12.0 Å². The lowest BCUT2D eigenvalue weighted by Crippen LogP contribution is -2.24. The van der Waals surface area contributed by atoms with Crippen molar-refractivity contribution in [3.8, 4) is 0 Å². The molecule has 7 heteroatoms. The van der Waals surface area contributed by atoms with Crippen LogP contribution in [0.5, 0.6) is 0 Å². The molecule has 0 saturated carbocycles. The molecule has 26 heavy (non-hydrogen) atoms. The molecule has 0 saturated heterocycles. The van der Waals surface area contributed by atoms with E-state index in [1.54, 1.807) is 19.1 Å². The van der Waals surface area contributed by atoms with Crippen molar-refractivity contribution in [2.75, 3.05) is 11.9 Å². The third-order valence-corrected chi connectivity index (χ3v) is 3.93. The van der Waals surface area contributed by atoms with Gasteiger partial charge in [0.25, 0.3) is 11.6 Å². The molecular weight excluding hydrogens is 336 g/mol. The SMILES string of the molecule is CC[C@H](C(=O)OCC(=O)Nc1ccc(C)c([N+](=O)[O-])c1)c1ccccc1. The Morgan fingerprint density at radius 3 is 2.50 bits per heavy atom. The third-order valence-electron chi connectivity index (χ3n) is 3.93. The summed E-state index contributed by atoms with van der Waals surface area (Å²) < 4.78 is 5.10. The van der Waals surface area contributed by atoms with Crippen LogP contribution in [0.15, 0.2) is 48.5 Å². The van der Waals surface area contributed by atoms with Gasteiger partial charge in [0.05, 0.1) is 10.8 Å². The van der Waals surface area contributed by atoms with Crippen molar-refractivity contribution in [1.82, 2.24) is 0 Å². The number of nitro benzene ring substituents is 1. The molecule has 1 N–H and O–H groups in total. The van der Waals surface area contributed by atoms with Crippen molar-refractivity contribution >= 4 is 23.3 Å². The smallest absolute Gasteiger partial charge is 0.313 e. The van der Waals surface area contributed by atoms with Gasteiger partial charge in [-0.15, -0.1) is 0 Å².